The van der Waals surface area contributed by atoms with Gasteiger partial charge < -0.3 is 4.98 Å². The zero-order valence-corrected chi connectivity index (χ0v) is 14.1. The first-order chi connectivity index (χ1) is 12.6. The zero-order valence-electron chi connectivity index (χ0n) is 13.3. The van der Waals surface area contributed by atoms with Crippen LogP contribution in [0.25, 0.3) is 22.2 Å². The summed E-state index contributed by atoms with van der Waals surface area (Å²) < 4.78 is 13.6. The van der Waals surface area contributed by atoms with Gasteiger partial charge in [-0.05, 0) is 53.6 Å². The number of nitrogens with zero attached hydrogens (tertiary/aromatic N) is 2. The molecule has 2 N–H and O–H groups in total. The first-order valence-corrected chi connectivity index (χ1v) is 8.15. The SMILES string of the molecule is O=C(Nc1nc2ccc(-c3cc(F)cc(Cl)c3)cc2[nH]1)c1ccccn1. The highest BCUT2D eigenvalue weighted by molar-refractivity contribution is 6.30. The van der Waals surface area contributed by atoms with Crippen LogP contribution in [0.2, 0.25) is 5.02 Å². The molecule has 4 rings (SSSR count). The fourth-order valence-electron chi connectivity index (χ4n) is 2.64. The van der Waals surface area contributed by atoms with E-state index in [-0.39, 0.29) is 5.91 Å². The second-order valence-corrected chi connectivity index (χ2v) is 6.08. The number of hydrogen-bond acceptors (Lipinski definition) is 3. The van der Waals surface area contributed by atoms with Crippen LogP contribution in [0.15, 0.2) is 60.8 Å². The maximum absolute atomic E-state index is 13.6. The van der Waals surface area contributed by atoms with Crippen molar-refractivity contribution >= 4 is 34.5 Å². The van der Waals surface area contributed by atoms with E-state index >= 15 is 0 Å². The van der Waals surface area contributed by atoms with Crippen LogP contribution in [0, 0.1) is 5.82 Å². The van der Waals surface area contributed by atoms with Gasteiger partial charge >= 0.3 is 0 Å². The number of anilines is 1. The summed E-state index contributed by atoms with van der Waals surface area (Å²) in [5.74, 6) is -0.451. The summed E-state index contributed by atoms with van der Waals surface area (Å²) in [7, 11) is 0. The van der Waals surface area contributed by atoms with Gasteiger partial charge in [-0.25, -0.2) is 9.37 Å². The molecule has 26 heavy (non-hydrogen) atoms. The largest absolute Gasteiger partial charge is 0.324 e. The van der Waals surface area contributed by atoms with Crippen molar-refractivity contribution in [1.82, 2.24) is 15.0 Å². The first-order valence-electron chi connectivity index (χ1n) is 7.77. The number of halogens is 2. The van der Waals surface area contributed by atoms with Crippen LogP contribution in [0.1, 0.15) is 10.5 Å². The molecule has 2 aromatic heterocycles. The fourth-order valence-corrected chi connectivity index (χ4v) is 2.86. The van der Waals surface area contributed by atoms with Crippen molar-refractivity contribution in [2.75, 3.05) is 5.32 Å². The highest BCUT2D eigenvalue weighted by Gasteiger charge is 2.11. The Balaban J connectivity index is 1.65. The molecule has 0 atom stereocenters. The van der Waals surface area contributed by atoms with Gasteiger partial charge in [0.25, 0.3) is 5.91 Å². The Morgan fingerprint density at radius 2 is 1.96 bits per heavy atom. The van der Waals surface area contributed by atoms with Crippen molar-refractivity contribution in [2.45, 2.75) is 0 Å². The second kappa shape index (κ2) is 6.57. The number of pyridine rings is 1. The number of benzene rings is 2. The number of rotatable bonds is 3. The number of fused-ring (bicyclic) bond motifs is 1. The minimum atomic E-state index is -0.402. The monoisotopic (exact) mass is 366 g/mol. The maximum Gasteiger partial charge on any atom is 0.276 e. The van der Waals surface area contributed by atoms with Gasteiger partial charge in [0.15, 0.2) is 0 Å². The topological polar surface area (TPSA) is 70.7 Å². The van der Waals surface area contributed by atoms with Gasteiger partial charge in [-0.1, -0.05) is 23.7 Å². The Morgan fingerprint density at radius 1 is 1.08 bits per heavy atom. The number of amides is 1. The third kappa shape index (κ3) is 3.27. The summed E-state index contributed by atoms with van der Waals surface area (Å²) in [6.45, 7) is 0. The lowest BCUT2D eigenvalue weighted by atomic mass is 10.1. The molecule has 5 nitrogen and oxygen atoms in total. The molecule has 0 bridgehead atoms. The predicted octanol–water partition coefficient (Wildman–Crippen LogP) is 4.67. The van der Waals surface area contributed by atoms with Gasteiger partial charge in [-0.3, -0.25) is 15.1 Å². The van der Waals surface area contributed by atoms with Crippen molar-refractivity contribution in [3.05, 3.63) is 77.3 Å². The summed E-state index contributed by atoms with van der Waals surface area (Å²) in [5.41, 5.74) is 3.12. The zero-order chi connectivity index (χ0) is 18.1. The fraction of sp³-hybridized carbons (Fsp3) is 0. The van der Waals surface area contributed by atoms with E-state index in [0.717, 1.165) is 5.56 Å². The van der Waals surface area contributed by atoms with Gasteiger partial charge in [-0.15, -0.1) is 0 Å². The molecule has 0 saturated heterocycles. The molecule has 4 aromatic rings. The number of carbonyl (C=O) groups is 1. The number of aromatic nitrogens is 3. The van der Waals surface area contributed by atoms with E-state index < -0.39 is 5.82 Å². The molecular formula is C19H12ClFN4O. The molecule has 0 saturated carbocycles. The normalized spacial score (nSPS) is 10.8. The lowest BCUT2D eigenvalue weighted by molar-refractivity contribution is 0.102. The van der Waals surface area contributed by atoms with Crippen LogP contribution in [0.3, 0.4) is 0 Å². The highest BCUT2D eigenvalue weighted by atomic mass is 35.5. The Kier molecular flexibility index (Phi) is 4.10. The van der Waals surface area contributed by atoms with Crippen molar-refractivity contribution in [3.8, 4) is 11.1 Å². The number of nitrogens with one attached hydrogen (secondary N) is 2. The molecule has 1 amide bonds. The molecule has 128 valence electrons. The number of aromatic amines is 1. The van der Waals surface area contributed by atoms with Gasteiger partial charge in [0.05, 0.1) is 11.0 Å². The number of imidazole rings is 1. The number of H-pyrrole nitrogens is 1. The molecule has 2 heterocycles. The second-order valence-electron chi connectivity index (χ2n) is 5.64. The Morgan fingerprint density at radius 3 is 2.73 bits per heavy atom. The molecule has 0 fully saturated rings. The van der Waals surface area contributed by atoms with Crippen LogP contribution in [0.4, 0.5) is 10.3 Å². The summed E-state index contributed by atoms with van der Waals surface area (Å²) in [5, 5.41) is 3.00. The summed E-state index contributed by atoms with van der Waals surface area (Å²) >= 11 is 5.92. The molecule has 0 unspecified atom stereocenters. The predicted molar refractivity (Wildman–Crippen MR) is 98.7 cm³/mol. The third-order valence-corrected chi connectivity index (χ3v) is 4.03. The molecule has 0 radical (unpaired) electrons. The average molecular weight is 367 g/mol. The Labute approximate surface area is 152 Å². The van der Waals surface area contributed by atoms with Crippen molar-refractivity contribution < 1.29 is 9.18 Å². The Hall–Kier alpha value is -3.25. The van der Waals surface area contributed by atoms with E-state index in [1.165, 1.54) is 12.1 Å². The van der Waals surface area contributed by atoms with Crippen molar-refractivity contribution in [1.29, 1.82) is 0 Å². The summed E-state index contributed by atoms with van der Waals surface area (Å²) in [6, 6.07) is 14.9. The van der Waals surface area contributed by atoms with E-state index in [4.69, 9.17) is 11.6 Å². The molecule has 0 aliphatic heterocycles. The lowest BCUT2D eigenvalue weighted by Gasteiger charge is -2.03. The number of carbonyl (C=O) groups excluding carboxylic acids is 1. The van der Waals surface area contributed by atoms with E-state index in [1.807, 2.05) is 12.1 Å². The Bertz CT molecular complexity index is 1090. The van der Waals surface area contributed by atoms with E-state index in [1.54, 1.807) is 36.5 Å². The average Bonchev–Trinajstić information content (AvgIpc) is 3.03. The van der Waals surface area contributed by atoms with Crippen LogP contribution in [-0.2, 0) is 0 Å². The van der Waals surface area contributed by atoms with Crippen LogP contribution >= 0.6 is 11.6 Å². The van der Waals surface area contributed by atoms with E-state index in [9.17, 15) is 9.18 Å². The van der Waals surface area contributed by atoms with Crippen molar-refractivity contribution in [2.24, 2.45) is 0 Å². The molecule has 0 spiro atoms. The summed E-state index contributed by atoms with van der Waals surface area (Å²) in [4.78, 5) is 23.5. The molecule has 2 aromatic carbocycles. The lowest BCUT2D eigenvalue weighted by Crippen LogP contribution is -2.14. The van der Waals surface area contributed by atoms with Gasteiger partial charge in [-0.2, -0.15) is 0 Å². The maximum atomic E-state index is 13.6. The van der Waals surface area contributed by atoms with Crippen LogP contribution < -0.4 is 5.32 Å². The summed E-state index contributed by atoms with van der Waals surface area (Å²) in [6.07, 6.45) is 1.55. The van der Waals surface area contributed by atoms with E-state index in [0.29, 0.717) is 33.3 Å². The first kappa shape index (κ1) is 16.2. The standard InChI is InChI=1S/C19H12ClFN4O/c20-13-7-12(8-14(21)10-13)11-4-5-15-17(9-11)24-19(23-15)25-18(26)16-3-1-2-6-22-16/h1-10H,(H2,23,24,25,26). The molecule has 0 aliphatic carbocycles. The van der Waals surface area contributed by atoms with Gasteiger partial charge in [0, 0.05) is 11.2 Å². The molecule has 0 aliphatic rings. The van der Waals surface area contributed by atoms with Crippen LogP contribution in [-0.4, -0.2) is 20.9 Å². The molecule has 7 heteroatoms. The smallest absolute Gasteiger partial charge is 0.276 e. The van der Waals surface area contributed by atoms with Gasteiger partial charge in [0.1, 0.15) is 11.5 Å². The number of hydrogen-bond donors (Lipinski definition) is 2. The molecular weight excluding hydrogens is 355 g/mol. The quantitative estimate of drug-likeness (QED) is 0.553. The van der Waals surface area contributed by atoms with Crippen molar-refractivity contribution in [3.63, 3.8) is 0 Å². The third-order valence-electron chi connectivity index (χ3n) is 3.81. The highest BCUT2D eigenvalue weighted by Crippen LogP contribution is 2.27. The van der Waals surface area contributed by atoms with Crippen LogP contribution in [0.5, 0.6) is 0 Å². The minimum Gasteiger partial charge on any atom is -0.324 e. The van der Waals surface area contributed by atoms with E-state index in [2.05, 4.69) is 20.3 Å². The van der Waals surface area contributed by atoms with Gasteiger partial charge in [0.2, 0.25) is 5.95 Å². The minimum absolute atomic E-state index is 0.294.